The van der Waals surface area contributed by atoms with Crippen molar-refractivity contribution in [2.24, 2.45) is 0 Å². The molecule has 1 aliphatic heterocycles. The Bertz CT molecular complexity index is 887. The molecule has 0 saturated carbocycles. The summed E-state index contributed by atoms with van der Waals surface area (Å²) >= 11 is 7.72. The minimum atomic E-state index is -0.768. The van der Waals surface area contributed by atoms with Gasteiger partial charge in [-0.2, -0.15) is 0 Å². The van der Waals surface area contributed by atoms with Crippen molar-refractivity contribution < 1.29 is 28.6 Å². The van der Waals surface area contributed by atoms with E-state index in [1.165, 1.54) is 12.1 Å². The molecule has 3 amide bonds. The van der Waals surface area contributed by atoms with Crippen molar-refractivity contribution in [2.45, 2.75) is 12.8 Å². The van der Waals surface area contributed by atoms with Crippen LogP contribution in [0.5, 0.6) is 11.5 Å². The Morgan fingerprint density at radius 3 is 2.83 bits per heavy atom. The van der Waals surface area contributed by atoms with E-state index in [4.69, 9.17) is 25.8 Å². The van der Waals surface area contributed by atoms with Gasteiger partial charge in [0.1, 0.15) is 0 Å². The molecule has 3 rings (SSSR count). The Morgan fingerprint density at radius 1 is 1.21 bits per heavy atom. The third-order valence-corrected chi connectivity index (χ3v) is 5.08. The molecule has 0 atom stereocenters. The number of benzene rings is 1. The fourth-order valence-electron chi connectivity index (χ4n) is 2.52. The Hall–Kier alpha value is -2.78. The summed E-state index contributed by atoms with van der Waals surface area (Å²) in [5.41, 5.74) is 0.118. The summed E-state index contributed by atoms with van der Waals surface area (Å²) in [5, 5.41) is 6.83. The summed E-state index contributed by atoms with van der Waals surface area (Å²) < 4.78 is 16.0. The van der Waals surface area contributed by atoms with Crippen LogP contribution < -0.4 is 20.1 Å². The lowest BCUT2D eigenvalue weighted by atomic mass is 10.2. The highest BCUT2D eigenvalue weighted by Gasteiger charge is 2.20. The Labute approximate surface area is 176 Å². The first-order valence-electron chi connectivity index (χ1n) is 8.89. The molecule has 0 fully saturated rings. The number of halogens is 1. The topological polar surface area (TPSA) is 103 Å². The van der Waals surface area contributed by atoms with Crippen molar-refractivity contribution in [3.63, 3.8) is 0 Å². The summed E-state index contributed by atoms with van der Waals surface area (Å²) in [4.78, 5) is 36.8. The van der Waals surface area contributed by atoms with E-state index in [9.17, 15) is 14.4 Å². The molecule has 0 bridgehead atoms. The van der Waals surface area contributed by atoms with E-state index in [2.05, 4.69) is 10.6 Å². The van der Waals surface area contributed by atoms with Gasteiger partial charge in [0.25, 0.3) is 5.91 Å². The van der Waals surface area contributed by atoms with Gasteiger partial charge < -0.3 is 19.5 Å². The molecule has 0 spiro atoms. The Kier molecular flexibility index (Phi) is 7.31. The van der Waals surface area contributed by atoms with Crippen LogP contribution in [0, 0.1) is 0 Å². The van der Waals surface area contributed by atoms with Crippen LogP contribution in [0.2, 0.25) is 5.02 Å². The maximum Gasteiger partial charge on any atom is 0.338 e. The van der Waals surface area contributed by atoms with Crippen molar-refractivity contribution in [3.05, 3.63) is 45.1 Å². The highest BCUT2D eigenvalue weighted by atomic mass is 35.5. The fraction of sp³-hybridized carbons (Fsp3) is 0.316. The zero-order valence-corrected chi connectivity index (χ0v) is 16.9. The summed E-state index contributed by atoms with van der Waals surface area (Å²) in [6.07, 6.45) is 1.36. The molecule has 0 aliphatic carbocycles. The molecule has 1 aromatic heterocycles. The molecule has 2 N–H and O–H groups in total. The predicted molar refractivity (Wildman–Crippen MR) is 107 cm³/mol. The van der Waals surface area contributed by atoms with E-state index in [-0.39, 0.29) is 10.6 Å². The number of rotatable bonds is 6. The number of amides is 3. The molecular weight excluding hydrogens is 420 g/mol. The highest BCUT2D eigenvalue weighted by Crippen LogP contribution is 2.38. The average Bonchev–Trinajstić information content (AvgIpc) is 3.09. The number of thiophene rings is 1. The van der Waals surface area contributed by atoms with Gasteiger partial charge in [0, 0.05) is 17.8 Å². The Balaban J connectivity index is 1.45. The molecule has 2 heterocycles. The smallest absolute Gasteiger partial charge is 0.338 e. The maximum absolute atomic E-state index is 12.2. The molecular formula is C19H19ClN2O6S. The molecule has 8 nitrogen and oxygen atoms in total. The van der Waals surface area contributed by atoms with Crippen molar-refractivity contribution in [3.8, 4) is 11.5 Å². The van der Waals surface area contributed by atoms with Crippen LogP contribution in [-0.4, -0.2) is 44.3 Å². The Morgan fingerprint density at radius 2 is 2.03 bits per heavy atom. The molecule has 0 saturated heterocycles. The first kappa shape index (κ1) is 20.9. The van der Waals surface area contributed by atoms with E-state index >= 15 is 0 Å². The molecule has 29 heavy (non-hydrogen) atoms. The van der Waals surface area contributed by atoms with Gasteiger partial charge in [0.05, 0.1) is 23.8 Å². The molecule has 1 aromatic carbocycles. The number of carbonyl (C=O) groups excluding carboxylic acids is 3. The van der Waals surface area contributed by atoms with E-state index < -0.39 is 24.5 Å². The number of fused-ring (bicyclic) bond motifs is 1. The SMILES string of the molecule is O=C(COC(=O)c1cc(Cl)c2c(c1)OCCCO2)NC(=O)NCCc1cccs1. The molecule has 10 heteroatoms. The first-order chi connectivity index (χ1) is 14.0. The van der Waals surface area contributed by atoms with Gasteiger partial charge in [-0.15, -0.1) is 11.3 Å². The van der Waals surface area contributed by atoms with Crippen LogP contribution in [-0.2, 0) is 16.0 Å². The lowest BCUT2D eigenvalue weighted by Crippen LogP contribution is -2.42. The quantitative estimate of drug-likeness (QED) is 0.672. The second-order valence-corrected chi connectivity index (χ2v) is 7.48. The number of hydrogen-bond acceptors (Lipinski definition) is 7. The standard InChI is InChI=1S/C19H19ClN2O6S/c20-14-9-12(10-15-17(14)27-7-2-6-26-15)18(24)28-11-16(23)22-19(25)21-5-4-13-3-1-8-29-13/h1,3,8-10H,2,4-7,11H2,(H2,21,22,23,25). The third-order valence-electron chi connectivity index (χ3n) is 3.86. The molecule has 2 aromatic rings. The normalized spacial score (nSPS) is 12.6. The van der Waals surface area contributed by atoms with Gasteiger partial charge in [-0.25, -0.2) is 9.59 Å². The van der Waals surface area contributed by atoms with Crippen molar-refractivity contribution in [1.82, 2.24) is 10.6 Å². The number of hydrogen-bond donors (Lipinski definition) is 2. The monoisotopic (exact) mass is 438 g/mol. The van der Waals surface area contributed by atoms with Crippen molar-refractivity contribution >= 4 is 40.8 Å². The van der Waals surface area contributed by atoms with Crippen LogP contribution >= 0.6 is 22.9 Å². The lowest BCUT2D eigenvalue weighted by molar-refractivity contribution is -0.123. The van der Waals surface area contributed by atoms with Crippen LogP contribution in [0.4, 0.5) is 4.79 Å². The number of urea groups is 1. The number of imide groups is 1. The zero-order chi connectivity index (χ0) is 20.6. The summed E-state index contributed by atoms with van der Waals surface area (Å²) in [6, 6.07) is 6.06. The number of esters is 1. The van der Waals surface area contributed by atoms with Gasteiger partial charge in [-0.3, -0.25) is 10.1 Å². The van der Waals surface area contributed by atoms with Crippen LogP contribution in [0.15, 0.2) is 29.6 Å². The number of nitrogens with one attached hydrogen (secondary N) is 2. The minimum Gasteiger partial charge on any atom is -0.489 e. The number of ether oxygens (including phenoxy) is 3. The van der Waals surface area contributed by atoms with E-state index in [0.717, 1.165) is 4.88 Å². The molecule has 1 aliphatic rings. The van der Waals surface area contributed by atoms with Gasteiger partial charge in [-0.05, 0) is 30.0 Å². The minimum absolute atomic E-state index is 0.118. The predicted octanol–water partition coefficient (Wildman–Crippen LogP) is 2.79. The van der Waals surface area contributed by atoms with Crippen LogP contribution in [0.1, 0.15) is 21.7 Å². The highest BCUT2D eigenvalue weighted by molar-refractivity contribution is 7.09. The second-order valence-electron chi connectivity index (χ2n) is 6.05. The average molecular weight is 439 g/mol. The van der Waals surface area contributed by atoms with Crippen molar-refractivity contribution in [2.75, 3.05) is 26.4 Å². The molecule has 154 valence electrons. The third kappa shape index (κ3) is 6.10. The largest absolute Gasteiger partial charge is 0.489 e. The summed E-state index contributed by atoms with van der Waals surface area (Å²) in [7, 11) is 0. The van der Waals surface area contributed by atoms with Gasteiger partial charge in [0.2, 0.25) is 0 Å². The van der Waals surface area contributed by atoms with Crippen LogP contribution in [0.25, 0.3) is 0 Å². The fourth-order valence-corrected chi connectivity index (χ4v) is 3.50. The summed E-state index contributed by atoms with van der Waals surface area (Å²) in [5.74, 6) is -0.794. The first-order valence-corrected chi connectivity index (χ1v) is 10.1. The van der Waals surface area contributed by atoms with E-state index in [1.807, 2.05) is 17.5 Å². The second kappa shape index (κ2) is 10.1. The molecule has 0 radical (unpaired) electrons. The van der Waals surface area contributed by atoms with Gasteiger partial charge in [0.15, 0.2) is 18.1 Å². The summed E-state index contributed by atoms with van der Waals surface area (Å²) in [6.45, 7) is 0.677. The number of carbonyl (C=O) groups is 3. The maximum atomic E-state index is 12.2. The lowest BCUT2D eigenvalue weighted by Gasteiger charge is -2.11. The van der Waals surface area contributed by atoms with E-state index in [0.29, 0.717) is 44.1 Å². The van der Waals surface area contributed by atoms with Crippen molar-refractivity contribution in [1.29, 1.82) is 0 Å². The van der Waals surface area contributed by atoms with Gasteiger partial charge >= 0.3 is 12.0 Å². The van der Waals surface area contributed by atoms with E-state index in [1.54, 1.807) is 11.3 Å². The zero-order valence-electron chi connectivity index (χ0n) is 15.4. The van der Waals surface area contributed by atoms with Crippen LogP contribution in [0.3, 0.4) is 0 Å². The molecule has 0 unspecified atom stereocenters. The van der Waals surface area contributed by atoms with Gasteiger partial charge in [-0.1, -0.05) is 17.7 Å².